The molecule has 1 aromatic carbocycles. The zero-order chi connectivity index (χ0) is 19.9. The molecule has 0 aliphatic carbocycles. The summed E-state index contributed by atoms with van der Waals surface area (Å²) in [4.78, 5) is 11.5. The van der Waals surface area contributed by atoms with Crippen molar-refractivity contribution in [2.75, 3.05) is 44.4 Å². The summed E-state index contributed by atoms with van der Waals surface area (Å²) < 4.78 is 5.57. The maximum absolute atomic E-state index is 5.57. The van der Waals surface area contributed by atoms with Crippen molar-refractivity contribution in [1.82, 2.24) is 14.9 Å². The summed E-state index contributed by atoms with van der Waals surface area (Å²) in [5.41, 5.74) is 3.13. The van der Waals surface area contributed by atoms with E-state index in [1.165, 1.54) is 38.0 Å². The van der Waals surface area contributed by atoms with E-state index in [4.69, 9.17) is 4.74 Å². The molecule has 1 fully saturated rings. The van der Waals surface area contributed by atoms with E-state index in [2.05, 4.69) is 38.5 Å². The summed E-state index contributed by atoms with van der Waals surface area (Å²) in [7, 11) is 3.60. The van der Waals surface area contributed by atoms with E-state index in [1.807, 2.05) is 32.2 Å². The minimum absolute atomic E-state index is 0.601. The van der Waals surface area contributed by atoms with Gasteiger partial charge in [-0.05, 0) is 75.4 Å². The highest BCUT2D eigenvalue weighted by atomic mass is 16.5. The van der Waals surface area contributed by atoms with Gasteiger partial charge in [0.05, 0.1) is 7.11 Å². The molecule has 152 valence electrons. The van der Waals surface area contributed by atoms with Crippen LogP contribution in [-0.4, -0.2) is 48.7 Å². The van der Waals surface area contributed by atoms with E-state index in [0.717, 1.165) is 41.7 Å². The van der Waals surface area contributed by atoms with Crippen LogP contribution in [-0.2, 0) is 6.42 Å². The molecule has 3 rings (SSSR count). The Hall–Kier alpha value is -2.34. The van der Waals surface area contributed by atoms with Crippen LogP contribution in [0, 0.1) is 12.8 Å². The molecular weight excluding hydrogens is 350 g/mol. The molecule has 1 aliphatic heterocycles. The molecule has 0 unspecified atom stereocenters. The zero-order valence-electron chi connectivity index (χ0n) is 17.6. The van der Waals surface area contributed by atoms with Crippen molar-refractivity contribution >= 4 is 17.5 Å². The Labute approximate surface area is 168 Å². The Kier molecular flexibility index (Phi) is 7.09. The molecule has 0 spiro atoms. The fourth-order valence-electron chi connectivity index (χ4n) is 3.81. The van der Waals surface area contributed by atoms with Crippen molar-refractivity contribution in [2.24, 2.45) is 5.92 Å². The molecular formula is C22H33N5O. The van der Waals surface area contributed by atoms with Crippen LogP contribution in [0.2, 0.25) is 0 Å². The first-order valence-electron chi connectivity index (χ1n) is 10.3. The predicted octanol–water partition coefficient (Wildman–Crippen LogP) is 4.24. The quantitative estimate of drug-likeness (QED) is 0.632. The monoisotopic (exact) mass is 383 g/mol. The maximum Gasteiger partial charge on any atom is 0.229 e. The molecule has 1 aromatic heterocycles. The number of hydrogen-bond donors (Lipinski definition) is 2. The lowest BCUT2D eigenvalue weighted by Gasteiger charge is -2.16. The van der Waals surface area contributed by atoms with Gasteiger partial charge in [0.1, 0.15) is 11.6 Å². The summed E-state index contributed by atoms with van der Waals surface area (Å²) in [6.07, 6.45) is 4.74. The van der Waals surface area contributed by atoms with Gasteiger partial charge in [0.25, 0.3) is 0 Å². The Balaban J connectivity index is 1.60. The van der Waals surface area contributed by atoms with E-state index >= 15 is 0 Å². The minimum Gasteiger partial charge on any atom is -0.496 e. The van der Waals surface area contributed by atoms with E-state index in [1.54, 1.807) is 7.11 Å². The van der Waals surface area contributed by atoms with E-state index < -0.39 is 0 Å². The SMILES string of the molecule is CNc1cc(C)nc(Nc2ccc(OC)c(CCCCN3CC[C@@H](C)C3)c2)n1. The molecule has 6 nitrogen and oxygen atoms in total. The minimum atomic E-state index is 0.601. The zero-order valence-corrected chi connectivity index (χ0v) is 17.6. The number of likely N-dealkylation sites (tertiary alicyclic amines) is 1. The molecule has 2 heterocycles. The first-order valence-corrected chi connectivity index (χ1v) is 10.3. The molecule has 2 N–H and O–H groups in total. The molecule has 1 aliphatic rings. The van der Waals surface area contributed by atoms with Crippen molar-refractivity contribution in [3.05, 3.63) is 35.5 Å². The summed E-state index contributed by atoms with van der Waals surface area (Å²) in [5, 5.41) is 6.39. The summed E-state index contributed by atoms with van der Waals surface area (Å²) >= 11 is 0. The van der Waals surface area contributed by atoms with E-state index in [9.17, 15) is 0 Å². The van der Waals surface area contributed by atoms with Gasteiger partial charge in [0.2, 0.25) is 5.95 Å². The molecule has 1 atom stereocenters. The van der Waals surface area contributed by atoms with Gasteiger partial charge in [-0.25, -0.2) is 4.98 Å². The van der Waals surface area contributed by atoms with Crippen LogP contribution in [0.5, 0.6) is 5.75 Å². The Morgan fingerprint density at radius 3 is 2.79 bits per heavy atom. The van der Waals surface area contributed by atoms with Gasteiger partial charge in [-0.1, -0.05) is 6.92 Å². The average molecular weight is 384 g/mol. The number of unbranched alkanes of at least 4 members (excludes halogenated alkanes) is 1. The largest absolute Gasteiger partial charge is 0.496 e. The molecule has 0 amide bonds. The second kappa shape index (κ2) is 9.73. The fraction of sp³-hybridized carbons (Fsp3) is 0.545. The van der Waals surface area contributed by atoms with Gasteiger partial charge in [0, 0.05) is 31.0 Å². The van der Waals surface area contributed by atoms with Crippen molar-refractivity contribution < 1.29 is 4.74 Å². The normalized spacial score (nSPS) is 16.9. The van der Waals surface area contributed by atoms with Gasteiger partial charge >= 0.3 is 0 Å². The smallest absolute Gasteiger partial charge is 0.229 e. The molecule has 1 saturated heterocycles. The van der Waals surface area contributed by atoms with Crippen LogP contribution < -0.4 is 15.4 Å². The second-order valence-corrected chi connectivity index (χ2v) is 7.77. The topological polar surface area (TPSA) is 62.3 Å². The van der Waals surface area contributed by atoms with Gasteiger partial charge in [-0.15, -0.1) is 0 Å². The molecule has 0 bridgehead atoms. The molecule has 6 heteroatoms. The van der Waals surface area contributed by atoms with Crippen molar-refractivity contribution in [3.63, 3.8) is 0 Å². The van der Waals surface area contributed by atoms with Gasteiger partial charge in [-0.3, -0.25) is 0 Å². The fourth-order valence-corrected chi connectivity index (χ4v) is 3.81. The highest BCUT2D eigenvalue weighted by molar-refractivity contribution is 5.58. The van der Waals surface area contributed by atoms with Crippen molar-refractivity contribution in [3.8, 4) is 5.75 Å². The lowest BCUT2D eigenvalue weighted by molar-refractivity contribution is 0.319. The number of nitrogens with one attached hydrogen (secondary N) is 2. The number of methoxy groups -OCH3 is 1. The predicted molar refractivity (Wildman–Crippen MR) is 116 cm³/mol. The molecule has 0 radical (unpaired) electrons. The first kappa shape index (κ1) is 20.4. The lowest BCUT2D eigenvalue weighted by Crippen LogP contribution is -2.21. The number of anilines is 3. The Morgan fingerprint density at radius 2 is 2.07 bits per heavy atom. The van der Waals surface area contributed by atoms with Crippen LogP contribution >= 0.6 is 0 Å². The number of rotatable bonds is 9. The van der Waals surface area contributed by atoms with Gasteiger partial charge < -0.3 is 20.3 Å². The summed E-state index contributed by atoms with van der Waals surface area (Å²) in [5.74, 6) is 3.21. The van der Waals surface area contributed by atoms with Crippen LogP contribution in [0.4, 0.5) is 17.5 Å². The van der Waals surface area contributed by atoms with Crippen LogP contribution in [0.3, 0.4) is 0 Å². The number of hydrogen-bond acceptors (Lipinski definition) is 6. The highest BCUT2D eigenvalue weighted by Gasteiger charge is 2.17. The Bertz CT molecular complexity index is 780. The third-order valence-electron chi connectivity index (χ3n) is 5.33. The second-order valence-electron chi connectivity index (χ2n) is 7.77. The molecule has 28 heavy (non-hydrogen) atoms. The van der Waals surface area contributed by atoms with E-state index in [-0.39, 0.29) is 0 Å². The maximum atomic E-state index is 5.57. The Morgan fingerprint density at radius 1 is 1.21 bits per heavy atom. The number of aryl methyl sites for hydroxylation is 2. The van der Waals surface area contributed by atoms with Crippen molar-refractivity contribution in [1.29, 1.82) is 0 Å². The van der Waals surface area contributed by atoms with Crippen LogP contribution in [0.1, 0.15) is 37.4 Å². The third kappa shape index (κ3) is 5.58. The number of nitrogens with zero attached hydrogens (tertiary/aromatic N) is 3. The van der Waals surface area contributed by atoms with Crippen molar-refractivity contribution in [2.45, 2.75) is 39.5 Å². The highest BCUT2D eigenvalue weighted by Crippen LogP contribution is 2.26. The number of ether oxygens (including phenoxy) is 1. The van der Waals surface area contributed by atoms with Gasteiger partial charge in [0.15, 0.2) is 0 Å². The van der Waals surface area contributed by atoms with Crippen LogP contribution in [0.25, 0.3) is 0 Å². The van der Waals surface area contributed by atoms with Gasteiger partial charge in [-0.2, -0.15) is 4.98 Å². The van der Waals surface area contributed by atoms with Crippen LogP contribution in [0.15, 0.2) is 24.3 Å². The molecule has 2 aromatic rings. The third-order valence-corrected chi connectivity index (χ3v) is 5.33. The number of aromatic nitrogens is 2. The summed E-state index contributed by atoms with van der Waals surface area (Å²) in [6.45, 7) is 8.03. The average Bonchev–Trinajstić information content (AvgIpc) is 3.10. The first-order chi connectivity index (χ1) is 13.6. The molecule has 0 saturated carbocycles. The standard InChI is InChI=1S/C22H33N5O/c1-16-10-12-27(15-16)11-6-5-7-18-14-19(8-9-20(18)28-4)25-22-24-17(2)13-21(23-3)26-22/h8-9,13-14,16H,5-7,10-12,15H2,1-4H3,(H2,23,24,25,26)/t16-/m1/s1. The lowest BCUT2D eigenvalue weighted by atomic mass is 10.1. The summed E-state index contributed by atoms with van der Waals surface area (Å²) in [6, 6.07) is 8.11. The number of benzene rings is 1. The van der Waals surface area contributed by atoms with E-state index in [0.29, 0.717) is 5.95 Å².